The van der Waals surface area contributed by atoms with Gasteiger partial charge in [-0.1, -0.05) is 6.92 Å². The summed E-state index contributed by atoms with van der Waals surface area (Å²) in [5, 5.41) is 0. The fourth-order valence-corrected chi connectivity index (χ4v) is 1.92. The Bertz CT molecular complexity index is 413. The van der Waals surface area contributed by atoms with Gasteiger partial charge in [0.2, 0.25) is 5.91 Å². The van der Waals surface area contributed by atoms with Crippen molar-refractivity contribution in [3.05, 3.63) is 24.2 Å². The maximum atomic E-state index is 12.5. The van der Waals surface area contributed by atoms with E-state index in [1.165, 1.54) is 6.26 Å². The van der Waals surface area contributed by atoms with Crippen LogP contribution in [0.25, 0.3) is 0 Å². The highest BCUT2D eigenvalue weighted by atomic mass is 19.4. The zero-order valence-electron chi connectivity index (χ0n) is 9.91. The number of furan rings is 1. The number of hydrogen-bond donors (Lipinski definition) is 0. The molecule has 1 amide bonds. The van der Waals surface area contributed by atoms with Gasteiger partial charge >= 0.3 is 6.18 Å². The summed E-state index contributed by atoms with van der Waals surface area (Å²) in [5.41, 5.74) is 0. The van der Waals surface area contributed by atoms with Gasteiger partial charge in [0.1, 0.15) is 12.3 Å². The smallest absolute Gasteiger partial charge is 0.406 e. The Kier molecular flexibility index (Phi) is 3.36. The van der Waals surface area contributed by atoms with Gasteiger partial charge in [-0.05, 0) is 24.5 Å². The van der Waals surface area contributed by atoms with Crippen molar-refractivity contribution in [2.45, 2.75) is 26.1 Å². The maximum Gasteiger partial charge on any atom is 0.406 e. The SMILES string of the molecule is CC1CC1C(=O)N(Cc1ccco1)CC(F)(F)F. The zero-order valence-corrected chi connectivity index (χ0v) is 9.91. The van der Waals surface area contributed by atoms with Crippen molar-refractivity contribution in [3.8, 4) is 0 Å². The summed E-state index contributed by atoms with van der Waals surface area (Å²) in [5.74, 6) is -0.149. The van der Waals surface area contributed by atoms with E-state index >= 15 is 0 Å². The molecule has 1 saturated carbocycles. The normalized spacial score (nSPS) is 22.9. The van der Waals surface area contributed by atoms with Gasteiger partial charge in [0, 0.05) is 5.92 Å². The van der Waals surface area contributed by atoms with Gasteiger partial charge in [-0.25, -0.2) is 0 Å². The molecule has 6 heteroatoms. The Balaban J connectivity index is 2.05. The van der Waals surface area contributed by atoms with Crippen molar-refractivity contribution in [2.24, 2.45) is 11.8 Å². The fourth-order valence-electron chi connectivity index (χ4n) is 1.92. The van der Waals surface area contributed by atoms with Crippen molar-refractivity contribution in [3.63, 3.8) is 0 Å². The van der Waals surface area contributed by atoms with Gasteiger partial charge < -0.3 is 9.32 Å². The first-order valence-electron chi connectivity index (χ1n) is 5.75. The van der Waals surface area contributed by atoms with Crippen molar-refractivity contribution >= 4 is 5.91 Å². The van der Waals surface area contributed by atoms with Gasteiger partial charge in [0.25, 0.3) is 0 Å². The highest BCUT2D eigenvalue weighted by molar-refractivity contribution is 5.81. The van der Waals surface area contributed by atoms with Crippen LogP contribution in [0, 0.1) is 11.8 Å². The summed E-state index contributed by atoms with van der Waals surface area (Å²) in [6, 6.07) is 3.15. The van der Waals surface area contributed by atoms with Crippen molar-refractivity contribution < 1.29 is 22.4 Å². The number of amides is 1. The first kappa shape index (κ1) is 13.0. The minimum atomic E-state index is -4.39. The molecule has 0 bridgehead atoms. The van der Waals surface area contributed by atoms with Gasteiger partial charge in [0.05, 0.1) is 12.8 Å². The molecule has 0 aromatic carbocycles. The van der Waals surface area contributed by atoms with Crippen LogP contribution in [0.1, 0.15) is 19.1 Å². The average Bonchev–Trinajstić information content (AvgIpc) is 2.76. The van der Waals surface area contributed by atoms with Crippen LogP contribution in [-0.4, -0.2) is 23.5 Å². The number of carbonyl (C=O) groups excluding carboxylic acids is 1. The minimum absolute atomic E-state index is 0.130. The second-order valence-electron chi connectivity index (χ2n) is 4.71. The number of carbonyl (C=O) groups is 1. The van der Waals surface area contributed by atoms with Gasteiger partial charge in [-0.3, -0.25) is 4.79 Å². The number of alkyl halides is 3. The molecule has 0 aliphatic heterocycles. The first-order valence-corrected chi connectivity index (χ1v) is 5.75. The number of nitrogens with zero attached hydrogens (tertiary/aromatic N) is 1. The molecular formula is C12H14F3NO2. The second kappa shape index (κ2) is 4.66. The molecule has 1 heterocycles. The van der Waals surface area contributed by atoms with Crippen molar-refractivity contribution in [2.75, 3.05) is 6.54 Å². The molecule has 2 rings (SSSR count). The van der Waals surface area contributed by atoms with Crippen LogP contribution in [0.4, 0.5) is 13.2 Å². The van der Waals surface area contributed by atoms with E-state index in [4.69, 9.17) is 4.42 Å². The maximum absolute atomic E-state index is 12.5. The quantitative estimate of drug-likeness (QED) is 0.835. The molecule has 1 aromatic rings. The molecule has 0 saturated heterocycles. The number of hydrogen-bond acceptors (Lipinski definition) is 2. The molecule has 1 fully saturated rings. The third-order valence-corrected chi connectivity index (χ3v) is 3.04. The minimum Gasteiger partial charge on any atom is -0.467 e. The predicted molar refractivity (Wildman–Crippen MR) is 57.5 cm³/mol. The molecule has 1 aromatic heterocycles. The van der Waals surface area contributed by atoms with Crippen LogP contribution in [0.3, 0.4) is 0 Å². The van der Waals surface area contributed by atoms with Crippen LogP contribution in [-0.2, 0) is 11.3 Å². The van der Waals surface area contributed by atoms with E-state index in [9.17, 15) is 18.0 Å². The van der Waals surface area contributed by atoms with E-state index in [2.05, 4.69) is 0 Å². The molecule has 18 heavy (non-hydrogen) atoms. The van der Waals surface area contributed by atoms with Crippen LogP contribution in [0.2, 0.25) is 0 Å². The highest BCUT2D eigenvalue weighted by Crippen LogP contribution is 2.39. The average molecular weight is 261 g/mol. The third-order valence-electron chi connectivity index (χ3n) is 3.04. The van der Waals surface area contributed by atoms with E-state index < -0.39 is 18.6 Å². The molecule has 3 nitrogen and oxygen atoms in total. The van der Waals surface area contributed by atoms with E-state index in [0.717, 1.165) is 4.90 Å². The molecule has 2 atom stereocenters. The lowest BCUT2D eigenvalue weighted by Gasteiger charge is -2.23. The lowest BCUT2D eigenvalue weighted by atomic mass is 10.2. The lowest BCUT2D eigenvalue weighted by Crippen LogP contribution is -2.39. The molecule has 100 valence electrons. The summed E-state index contributed by atoms with van der Waals surface area (Å²) >= 11 is 0. The Morgan fingerprint density at radius 2 is 2.22 bits per heavy atom. The van der Waals surface area contributed by atoms with E-state index in [0.29, 0.717) is 12.2 Å². The molecule has 0 radical (unpaired) electrons. The summed E-state index contributed by atoms with van der Waals surface area (Å²) in [7, 11) is 0. The monoisotopic (exact) mass is 261 g/mol. The number of rotatable bonds is 4. The van der Waals surface area contributed by atoms with E-state index in [1.807, 2.05) is 6.92 Å². The summed E-state index contributed by atoms with van der Waals surface area (Å²) in [6.07, 6.45) is -2.34. The van der Waals surface area contributed by atoms with Crippen LogP contribution in [0.15, 0.2) is 22.8 Å². The summed E-state index contributed by atoms with van der Waals surface area (Å²) in [4.78, 5) is 12.7. The van der Waals surface area contributed by atoms with Gasteiger partial charge in [0.15, 0.2) is 0 Å². The molecule has 2 unspecified atom stereocenters. The molecular weight excluding hydrogens is 247 g/mol. The molecule has 1 aliphatic rings. The standard InChI is InChI=1S/C12H14F3NO2/c1-8-5-10(8)11(17)16(7-12(13,14)15)6-9-3-2-4-18-9/h2-4,8,10H,5-7H2,1H3. The lowest BCUT2D eigenvalue weighted by molar-refractivity contribution is -0.163. The third kappa shape index (κ3) is 3.27. The van der Waals surface area contributed by atoms with Crippen LogP contribution < -0.4 is 0 Å². The van der Waals surface area contributed by atoms with Gasteiger partial charge in [-0.15, -0.1) is 0 Å². The van der Waals surface area contributed by atoms with Gasteiger partial charge in [-0.2, -0.15) is 13.2 Å². The summed E-state index contributed by atoms with van der Waals surface area (Å²) in [6.45, 7) is 0.506. The Labute approximate surface area is 103 Å². The van der Waals surface area contributed by atoms with Crippen LogP contribution in [0.5, 0.6) is 0 Å². The zero-order chi connectivity index (χ0) is 13.3. The second-order valence-corrected chi connectivity index (χ2v) is 4.71. The topological polar surface area (TPSA) is 33.5 Å². The summed E-state index contributed by atoms with van der Waals surface area (Å²) < 4.78 is 42.3. The fraction of sp³-hybridized carbons (Fsp3) is 0.583. The predicted octanol–water partition coefficient (Wildman–Crippen LogP) is 2.83. The Hall–Kier alpha value is -1.46. The molecule has 0 N–H and O–H groups in total. The van der Waals surface area contributed by atoms with E-state index in [1.54, 1.807) is 12.1 Å². The van der Waals surface area contributed by atoms with Crippen LogP contribution >= 0.6 is 0 Å². The highest BCUT2D eigenvalue weighted by Gasteiger charge is 2.44. The Morgan fingerprint density at radius 3 is 2.67 bits per heavy atom. The largest absolute Gasteiger partial charge is 0.467 e. The number of halogens is 3. The Morgan fingerprint density at radius 1 is 1.56 bits per heavy atom. The molecule has 1 aliphatic carbocycles. The molecule has 0 spiro atoms. The van der Waals surface area contributed by atoms with Crippen molar-refractivity contribution in [1.82, 2.24) is 4.90 Å². The van der Waals surface area contributed by atoms with E-state index in [-0.39, 0.29) is 18.4 Å². The van der Waals surface area contributed by atoms with Crippen molar-refractivity contribution in [1.29, 1.82) is 0 Å². The first-order chi connectivity index (χ1) is 8.37.